The van der Waals surface area contributed by atoms with Crippen molar-refractivity contribution < 1.29 is 17.9 Å². The lowest BCUT2D eigenvalue weighted by molar-refractivity contribution is -0.120. The maximum atomic E-state index is 12.3. The number of aromatic nitrogens is 1. The summed E-state index contributed by atoms with van der Waals surface area (Å²) in [7, 11) is -3.72. The minimum Gasteiger partial charge on any atom is -0.484 e. The van der Waals surface area contributed by atoms with Crippen LogP contribution in [0.2, 0.25) is 10.0 Å². The molecular formula is C18H14Cl2N2O4S2. The zero-order valence-electron chi connectivity index (χ0n) is 14.3. The number of ketones is 1. The molecule has 0 radical (unpaired) electrons. The third-order valence-electron chi connectivity index (χ3n) is 3.57. The van der Waals surface area contributed by atoms with E-state index in [2.05, 4.69) is 9.71 Å². The number of halogens is 2. The number of ether oxygens (including phenoxy) is 1. The molecule has 146 valence electrons. The second kappa shape index (κ2) is 8.91. The first-order valence-corrected chi connectivity index (χ1v) is 11.1. The van der Waals surface area contributed by atoms with E-state index in [1.54, 1.807) is 29.6 Å². The largest absolute Gasteiger partial charge is 0.484 e. The molecule has 0 amide bonds. The number of carbonyl (C=O) groups is 1. The molecule has 0 aliphatic rings. The van der Waals surface area contributed by atoms with E-state index in [0.717, 1.165) is 0 Å². The van der Waals surface area contributed by atoms with Crippen molar-refractivity contribution in [2.75, 3.05) is 11.3 Å². The fourth-order valence-electron chi connectivity index (χ4n) is 2.26. The predicted octanol–water partition coefficient (Wildman–Crippen LogP) is 4.44. The van der Waals surface area contributed by atoms with Crippen molar-refractivity contribution in [3.05, 3.63) is 69.7 Å². The number of thiazole rings is 1. The molecule has 1 heterocycles. The molecule has 3 aromatic rings. The van der Waals surface area contributed by atoms with Crippen molar-refractivity contribution in [1.82, 2.24) is 4.98 Å². The van der Waals surface area contributed by atoms with Gasteiger partial charge in [-0.1, -0.05) is 35.3 Å². The molecule has 0 aliphatic carbocycles. The van der Waals surface area contributed by atoms with Crippen LogP contribution < -0.4 is 9.46 Å². The van der Waals surface area contributed by atoms with Gasteiger partial charge in [-0.3, -0.25) is 9.52 Å². The normalized spacial score (nSPS) is 11.2. The molecule has 10 heteroatoms. The van der Waals surface area contributed by atoms with Crippen molar-refractivity contribution in [3.63, 3.8) is 0 Å². The van der Waals surface area contributed by atoms with Gasteiger partial charge < -0.3 is 4.74 Å². The van der Waals surface area contributed by atoms with E-state index in [1.807, 2.05) is 0 Å². The summed E-state index contributed by atoms with van der Waals surface area (Å²) in [5.74, 6) is 0.191. The van der Waals surface area contributed by atoms with E-state index in [4.69, 9.17) is 27.9 Å². The van der Waals surface area contributed by atoms with Crippen molar-refractivity contribution >= 4 is 55.5 Å². The molecule has 1 N–H and O–H groups in total. The van der Waals surface area contributed by atoms with Crippen LogP contribution in [0.1, 0.15) is 5.56 Å². The summed E-state index contributed by atoms with van der Waals surface area (Å²) >= 11 is 13.0. The number of benzene rings is 2. The molecule has 0 fully saturated rings. The Bertz CT molecular complexity index is 1070. The highest BCUT2D eigenvalue weighted by atomic mass is 35.5. The number of nitrogens with zero attached hydrogens (tertiary/aromatic N) is 1. The number of rotatable bonds is 8. The number of sulfonamides is 1. The van der Waals surface area contributed by atoms with Gasteiger partial charge in [-0.15, -0.1) is 11.3 Å². The average molecular weight is 457 g/mol. The molecule has 0 unspecified atom stereocenters. The molecule has 0 atom stereocenters. The molecule has 0 saturated heterocycles. The Balaban J connectivity index is 1.58. The molecule has 1 aromatic heterocycles. The predicted molar refractivity (Wildman–Crippen MR) is 110 cm³/mol. The quantitative estimate of drug-likeness (QED) is 0.541. The van der Waals surface area contributed by atoms with Gasteiger partial charge in [0.25, 0.3) is 10.0 Å². The summed E-state index contributed by atoms with van der Waals surface area (Å²) in [4.78, 5) is 16.1. The highest BCUT2D eigenvalue weighted by Gasteiger charge is 2.16. The van der Waals surface area contributed by atoms with Crippen molar-refractivity contribution in [3.8, 4) is 5.75 Å². The van der Waals surface area contributed by atoms with Crippen molar-refractivity contribution in [1.29, 1.82) is 0 Å². The van der Waals surface area contributed by atoms with Gasteiger partial charge in [-0.2, -0.15) is 0 Å². The van der Waals surface area contributed by atoms with E-state index in [9.17, 15) is 13.2 Å². The maximum absolute atomic E-state index is 12.3. The minimum absolute atomic E-state index is 0.0862. The third-order valence-corrected chi connectivity index (χ3v) is 6.27. The van der Waals surface area contributed by atoms with E-state index >= 15 is 0 Å². The van der Waals surface area contributed by atoms with Gasteiger partial charge in [-0.25, -0.2) is 13.4 Å². The molecule has 0 bridgehead atoms. The van der Waals surface area contributed by atoms with Crippen LogP contribution in [0, 0.1) is 0 Å². The van der Waals surface area contributed by atoms with E-state index < -0.39 is 10.0 Å². The molecular weight excluding hydrogens is 443 g/mol. The number of anilines is 1. The maximum Gasteiger partial charge on any atom is 0.263 e. The lowest BCUT2D eigenvalue weighted by Crippen LogP contribution is -2.15. The summed E-state index contributed by atoms with van der Waals surface area (Å²) < 4.78 is 32.4. The first-order valence-electron chi connectivity index (χ1n) is 7.94. The highest BCUT2D eigenvalue weighted by molar-refractivity contribution is 7.93. The molecule has 0 spiro atoms. The van der Waals surface area contributed by atoms with Crippen LogP contribution in [-0.4, -0.2) is 25.8 Å². The van der Waals surface area contributed by atoms with Gasteiger partial charge in [-0.05, 0) is 35.9 Å². The Morgan fingerprint density at radius 1 is 1.14 bits per heavy atom. The zero-order valence-corrected chi connectivity index (χ0v) is 17.4. The number of Topliss-reactive ketones (excluding diaryl/α,β-unsaturated/α-hetero) is 1. The van der Waals surface area contributed by atoms with E-state index in [-0.39, 0.29) is 28.8 Å². The van der Waals surface area contributed by atoms with Crippen molar-refractivity contribution in [2.45, 2.75) is 11.3 Å². The topological polar surface area (TPSA) is 85.4 Å². The van der Waals surface area contributed by atoms with Gasteiger partial charge in [0.05, 0.1) is 9.92 Å². The van der Waals surface area contributed by atoms with Gasteiger partial charge >= 0.3 is 0 Å². The highest BCUT2D eigenvalue weighted by Crippen LogP contribution is 2.27. The van der Waals surface area contributed by atoms with Gasteiger partial charge in [0.2, 0.25) is 0 Å². The van der Waals surface area contributed by atoms with Gasteiger partial charge in [0.15, 0.2) is 10.9 Å². The summed E-state index contributed by atoms with van der Waals surface area (Å²) in [5, 5.41) is 2.76. The average Bonchev–Trinajstić information content (AvgIpc) is 3.14. The van der Waals surface area contributed by atoms with Crippen LogP contribution in [-0.2, 0) is 21.2 Å². The van der Waals surface area contributed by atoms with Crippen LogP contribution in [0.15, 0.2) is 58.9 Å². The van der Waals surface area contributed by atoms with Crippen molar-refractivity contribution in [2.24, 2.45) is 0 Å². The molecule has 2 aromatic carbocycles. The van der Waals surface area contributed by atoms with Gasteiger partial charge in [0, 0.05) is 23.0 Å². The fraction of sp³-hybridized carbons (Fsp3) is 0.111. The first-order chi connectivity index (χ1) is 13.3. The minimum atomic E-state index is -3.72. The molecule has 0 saturated carbocycles. The van der Waals surface area contributed by atoms with Crippen LogP contribution >= 0.6 is 34.5 Å². The van der Waals surface area contributed by atoms with Crippen LogP contribution in [0.4, 0.5) is 5.13 Å². The van der Waals surface area contributed by atoms with E-state index in [1.165, 1.54) is 35.7 Å². The Morgan fingerprint density at radius 2 is 1.89 bits per heavy atom. The first kappa shape index (κ1) is 20.6. The van der Waals surface area contributed by atoms with E-state index in [0.29, 0.717) is 21.4 Å². The lowest BCUT2D eigenvalue weighted by atomic mass is 10.1. The Kier molecular flexibility index (Phi) is 6.56. The summed E-state index contributed by atoms with van der Waals surface area (Å²) in [6.45, 7) is -0.160. The van der Waals surface area contributed by atoms with Crippen LogP contribution in [0.5, 0.6) is 5.75 Å². The second-order valence-electron chi connectivity index (χ2n) is 5.67. The second-order valence-corrected chi connectivity index (χ2v) is 9.09. The van der Waals surface area contributed by atoms with Crippen LogP contribution in [0.3, 0.4) is 0 Å². The molecule has 3 rings (SSSR count). The third kappa shape index (κ3) is 5.45. The van der Waals surface area contributed by atoms with Crippen LogP contribution in [0.25, 0.3) is 0 Å². The summed E-state index contributed by atoms with van der Waals surface area (Å²) in [6.07, 6.45) is 1.61. The number of hydrogen-bond donors (Lipinski definition) is 1. The molecule has 28 heavy (non-hydrogen) atoms. The Labute approximate surface area is 176 Å². The standard InChI is InChI=1S/C18H14Cl2N2O4S2/c19-13-3-6-17(16(20)10-13)26-11-14(23)9-12-1-4-15(5-2-12)28(24,25)22-18-21-7-8-27-18/h1-8,10H,9,11H2,(H,21,22). The summed E-state index contributed by atoms with van der Waals surface area (Å²) in [5.41, 5.74) is 0.670. The Morgan fingerprint density at radius 3 is 2.54 bits per heavy atom. The summed E-state index contributed by atoms with van der Waals surface area (Å²) in [6, 6.07) is 10.8. The number of nitrogens with one attached hydrogen (secondary N) is 1. The smallest absolute Gasteiger partial charge is 0.263 e. The molecule has 6 nitrogen and oxygen atoms in total. The SMILES string of the molecule is O=C(COc1ccc(Cl)cc1Cl)Cc1ccc(S(=O)(=O)Nc2nccs2)cc1. The fourth-order valence-corrected chi connectivity index (χ4v) is 4.52. The molecule has 0 aliphatic heterocycles. The van der Waals surface area contributed by atoms with Gasteiger partial charge in [0.1, 0.15) is 12.4 Å². The zero-order chi connectivity index (χ0) is 20.1. The monoisotopic (exact) mass is 456 g/mol. The lowest BCUT2D eigenvalue weighted by Gasteiger charge is -2.08. The number of hydrogen-bond acceptors (Lipinski definition) is 6. The number of carbonyl (C=O) groups excluding carboxylic acids is 1. The Hall–Kier alpha value is -2.13.